The summed E-state index contributed by atoms with van der Waals surface area (Å²) in [6.45, 7) is 3.60. The van der Waals surface area contributed by atoms with Gasteiger partial charge in [0.2, 0.25) is 0 Å². The highest BCUT2D eigenvalue weighted by Crippen LogP contribution is 2.27. The van der Waals surface area contributed by atoms with Crippen molar-refractivity contribution in [1.29, 1.82) is 0 Å². The van der Waals surface area contributed by atoms with E-state index < -0.39 is 11.6 Å². The van der Waals surface area contributed by atoms with Crippen LogP contribution in [0.2, 0.25) is 0 Å². The molecule has 0 aliphatic carbocycles. The first-order valence-corrected chi connectivity index (χ1v) is 12.4. The number of rotatable bonds is 7. The lowest BCUT2D eigenvalue weighted by Gasteiger charge is -2.26. The van der Waals surface area contributed by atoms with Gasteiger partial charge in [-0.2, -0.15) is 0 Å². The summed E-state index contributed by atoms with van der Waals surface area (Å²) in [5.41, 5.74) is 1.03. The zero-order valence-corrected chi connectivity index (χ0v) is 19.9. The SMILES string of the molecule is C[C@]1(CSc2ccccc2C(=O)NCc2ccc(C(=O)N3CCCCC3)cc2)NC(=O)NC1=O. The standard InChI is InChI=1S/C25H28N4O4S/c1-25(23(32)27-24(33)28-25)16-34-20-8-4-3-7-19(20)21(30)26-15-17-9-11-18(12-10-17)22(31)29-13-5-2-6-14-29/h3-4,7-12H,2,5-6,13-16H2,1H3,(H,26,30)(H2,27,28,32,33)/t25-/m1/s1. The number of hydrogen-bond donors (Lipinski definition) is 3. The molecule has 2 aromatic rings. The summed E-state index contributed by atoms with van der Waals surface area (Å²) in [6.07, 6.45) is 3.28. The zero-order chi connectivity index (χ0) is 24.1. The number of benzene rings is 2. The summed E-state index contributed by atoms with van der Waals surface area (Å²) >= 11 is 1.34. The van der Waals surface area contributed by atoms with E-state index in [0.29, 0.717) is 23.4 Å². The number of carbonyl (C=O) groups is 4. The number of imide groups is 1. The number of nitrogens with zero attached hydrogens (tertiary/aromatic N) is 1. The second kappa shape index (κ2) is 10.3. The minimum atomic E-state index is -1.03. The van der Waals surface area contributed by atoms with E-state index in [9.17, 15) is 19.2 Å². The maximum atomic E-state index is 12.9. The van der Waals surface area contributed by atoms with Crippen molar-refractivity contribution in [2.24, 2.45) is 0 Å². The second-order valence-electron chi connectivity index (χ2n) is 8.76. The molecule has 2 fully saturated rings. The summed E-state index contributed by atoms with van der Waals surface area (Å²) < 4.78 is 0. The highest BCUT2D eigenvalue weighted by molar-refractivity contribution is 7.99. The molecule has 0 bridgehead atoms. The summed E-state index contributed by atoms with van der Waals surface area (Å²) in [5.74, 6) is -0.265. The van der Waals surface area contributed by atoms with Gasteiger partial charge in [0.1, 0.15) is 5.54 Å². The van der Waals surface area contributed by atoms with Crippen LogP contribution in [0.3, 0.4) is 0 Å². The predicted octanol–water partition coefficient (Wildman–Crippen LogP) is 2.93. The van der Waals surface area contributed by atoms with Gasteiger partial charge in [-0.1, -0.05) is 24.3 Å². The Labute approximate surface area is 202 Å². The van der Waals surface area contributed by atoms with Crippen molar-refractivity contribution < 1.29 is 19.2 Å². The van der Waals surface area contributed by atoms with E-state index >= 15 is 0 Å². The Hall–Kier alpha value is -3.33. The monoisotopic (exact) mass is 480 g/mol. The Bertz CT molecular complexity index is 1100. The molecule has 0 aromatic heterocycles. The number of hydrogen-bond acceptors (Lipinski definition) is 5. The fourth-order valence-electron chi connectivity index (χ4n) is 4.01. The lowest BCUT2D eigenvalue weighted by Crippen LogP contribution is -2.46. The third kappa shape index (κ3) is 5.41. The molecule has 2 heterocycles. The van der Waals surface area contributed by atoms with E-state index in [1.54, 1.807) is 19.1 Å². The van der Waals surface area contributed by atoms with E-state index in [2.05, 4.69) is 16.0 Å². The van der Waals surface area contributed by atoms with Crippen LogP contribution in [0.1, 0.15) is 52.5 Å². The van der Waals surface area contributed by atoms with Crippen molar-refractivity contribution in [3.8, 4) is 0 Å². The van der Waals surface area contributed by atoms with Crippen LogP contribution in [-0.2, 0) is 11.3 Å². The number of thioether (sulfide) groups is 1. The highest BCUT2D eigenvalue weighted by Gasteiger charge is 2.41. The first kappa shape index (κ1) is 23.8. The van der Waals surface area contributed by atoms with E-state index in [-0.39, 0.29) is 17.7 Å². The molecule has 8 nitrogen and oxygen atoms in total. The maximum absolute atomic E-state index is 12.9. The number of nitrogens with one attached hydrogen (secondary N) is 3. The second-order valence-corrected chi connectivity index (χ2v) is 9.77. The van der Waals surface area contributed by atoms with Gasteiger partial charge in [0, 0.05) is 35.8 Å². The van der Waals surface area contributed by atoms with E-state index in [1.807, 2.05) is 41.3 Å². The summed E-state index contributed by atoms with van der Waals surface area (Å²) in [5, 5.41) is 7.80. The van der Waals surface area contributed by atoms with Crippen molar-refractivity contribution in [3.05, 3.63) is 65.2 Å². The molecule has 1 atom stereocenters. The van der Waals surface area contributed by atoms with Gasteiger partial charge in [0.25, 0.3) is 17.7 Å². The van der Waals surface area contributed by atoms with Gasteiger partial charge in [-0.15, -0.1) is 11.8 Å². The molecule has 3 N–H and O–H groups in total. The third-order valence-electron chi connectivity index (χ3n) is 6.06. The lowest BCUT2D eigenvalue weighted by molar-refractivity contribution is -0.122. The largest absolute Gasteiger partial charge is 0.348 e. The van der Waals surface area contributed by atoms with Crippen molar-refractivity contribution in [2.45, 2.75) is 43.2 Å². The first-order chi connectivity index (χ1) is 16.4. The normalized spacial score (nSPS) is 20.0. The molecule has 0 unspecified atom stereocenters. The molecule has 0 spiro atoms. The van der Waals surface area contributed by atoms with Crippen LogP contribution >= 0.6 is 11.8 Å². The molecule has 5 amide bonds. The maximum Gasteiger partial charge on any atom is 0.322 e. The Balaban J connectivity index is 1.35. The minimum Gasteiger partial charge on any atom is -0.348 e. The lowest BCUT2D eigenvalue weighted by atomic mass is 10.1. The summed E-state index contributed by atoms with van der Waals surface area (Å²) in [6, 6.07) is 14.0. The van der Waals surface area contributed by atoms with Gasteiger partial charge in [0.15, 0.2) is 0 Å². The van der Waals surface area contributed by atoms with E-state index in [0.717, 1.165) is 36.4 Å². The highest BCUT2D eigenvalue weighted by atomic mass is 32.2. The fraction of sp³-hybridized carbons (Fsp3) is 0.360. The minimum absolute atomic E-state index is 0.0575. The molecule has 2 aliphatic rings. The molecule has 0 radical (unpaired) electrons. The fourth-order valence-corrected chi connectivity index (χ4v) is 5.14. The molecule has 2 aliphatic heterocycles. The topological polar surface area (TPSA) is 108 Å². The molecule has 2 saturated heterocycles. The number of urea groups is 1. The molecule has 4 rings (SSSR count). The quantitative estimate of drug-likeness (QED) is 0.417. The molecule has 0 saturated carbocycles. The van der Waals surface area contributed by atoms with Crippen LogP contribution in [0, 0.1) is 0 Å². The van der Waals surface area contributed by atoms with Gasteiger partial charge < -0.3 is 15.5 Å². The van der Waals surface area contributed by atoms with Gasteiger partial charge in [-0.3, -0.25) is 19.7 Å². The molecule has 2 aromatic carbocycles. The van der Waals surface area contributed by atoms with Crippen LogP contribution in [0.15, 0.2) is 53.4 Å². The average Bonchev–Trinajstić information content (AvgIpc) is 3.12. The van der Waals surface area contributed by atoms with Crippen LogP contribution in [0.4, 0.5) is 4.79 Å². The first-order valence-electron chi connectivity index (χ1n) is 11.4. The molecule has 9 heteroatoms. The molecule has 34 heavy (non-hydrogen) atoms. The Kier molecular flexibility index (Phi) is 7.21. The number of carbonyl (C=O) groups excluding carboxylic acids is 4. The van der Waals surface area contributed by atoms with Crippen LogP contribution < -0.4 is 16.0 Å². The van der Waals surface area contributed by atoms with Gasteiger partial charge in [0.05, 0.1) is 5.56 Å². The Morgan fingerprint density at radius 1 is 1.03 bits per heavy atom. The Morgan fingerprint density at radius 3 is 2.41 bits per heavy atom. The molecular formula is C25H28N4O4S. The van der Waals surface area contributed by atoms with E-state index in [4.69, 9.17) is 0 Å². The van der Waals surface area contributed by atoms with Crippen molar-refractivity contribution in [1.82, 2.24) is 20.9 Å². The van der Waals surface area contributed by atoms with Crippen molar-refractivity contribution >= 4 is 35.5 Å². The third-order valence-corrected chi connectivity index (χ3v) is 7.45. The van der Waals surface area contributed by atoms with Crippen molar-refractivity contribution in [2.75, 3.05) is 18.8 Å². The predicted molar refractivity (Wildman–Crippen MR) is 130 cm³/mol. The number of piperidine rings is 1. The Morgan fingerprint density at radius 2 is 1.74 bits per heavy atom. The smallest absolute Gasteiger partial charge is 0.322 e. The zero-order valence-electron chi connectivity index (χ0n) is 19.1. The average molecular weight is 481 g/mol. The molecular weight excluding hydrogens is 452 g/mol. The van der Waals surface area contributed by atoms with E-state index in [1.165, 1.54) is 18.2 Å². The van der Waals surface area contributed by atoms with Crippen LogP contribution in [0.5, 0.6) is 0 Å². The number of likely N-dealkylation sites (tertiary alicyclic amines) is 1. The van der Waals surface area contributed by atoms with Crippen LogP contribution in [-0.4, -0.2) is 53.0 Å². The van der Waals surface area contributed by atoms with Gasteiger partial charge in [-0.05, 0) is 56.0 Å². The van der Waals surface area contributed by atoms with Gasteiger partial charge in [-0.25, -0.2) is 4.79 Å². The van der Waals surface area contributed by atoms with Crippen molar-refractivity contribution in [3.63, 3.8) is 0 Å². The molecule has 178 valence electrons. The van der Waals surface area contributed by atoms with Crippen LogP contribution in [0.25, 0.3) is 0 Å². The number of amides is 5. The summed E-state index contributed by atoms with van der Waals surface area (Å²) in [7, 11) is 0. The van der Waals surface area contributed by atoms with Gasteiger partial charge >= 0.3 is 6.03 Å². The summed E-state index contributed by atoms with van der Waals surface area (Å²) in [4.78, 5) is 51.6.